The molecule has 4 aromatic rings. The van der Waals surface area contributed by atoms with Crippen LogP contribution in [0.5, 0.6) is 5.75 Å². The van der Waals surface area contributed by atoms with Crippen molar-refractivity contribution in [3.8, 4) is 5.75 Å². The van der Waals surface area contributed by atoms with Crippen LogP contribution in [0.3, 0.4) is 0 Å². The van der Waals surface area contributed by atoms with E-state index < -0.39 is 0 Å². The van der Waals surface area contributed by atoms with Crippen molar-refractivity contribution < 1.29 is 9.53 Å². The first kappa shape index (κ1) is 28.0. The average Bonchev–Trinajstić information content (AvgIpc) is 3.20. The normalized spacial score (nSPS) is 15.4. The van der Waals surface area contributed by atoms with Crippen molar-refractivity contribution >= 4 is 95.3 Å². The minimum absolute atomic E-state index is 0.199. The van der Waals surface area contributed by atoms with Gasteiger partial charge >= 0.3 is 0 Å². The second-order valence-corrected chi connectivity index (χ2v) is 12.3. The predicted octanol–water partition coefficient (Wildman–Crippen LogP) is 10.2. The molecular formula is C30H20Br2Cl2N2O2S. The molecule has 5 rings (SSSR count). The summed E-state index contributed by atoms with van der Waals surface area (Å²) in [7, 11) is 0. The number of thioether (sulfide) groups is 1. The largest absolute Gasteiger partial charge is 0.487 e. The van der Waals surface area contributed by atoms with Crippen molar-refractivity contribution in [2.24, 2.45) is 4.99 Å². The van der Waals surface area contributed by atoms with E-state index in [0.29, 0.717) is 43.8 Å². The van der Waals surface area contributed by atoms with Crippen LogP contribution in [0.25, 0.3) is 6.08 Å². The van der Waals surface area contributed by atoms with Gasteiger partial charge < -0.3 is 4.74 Å². The molecule has 39 heavy (non-hydrogen) atoms. The van der Waals surface area contributed by atoms with E-state index in [9.17, 15) is 4.79 Å². The number of halogens is 4. The summed E-state index contributed by atoms with van der Waals surface area (Å²) in [5, 5.41) is 1.72. The van der Waals surface area contributed by atoms with Gasteiger partial charge in [0, 0.05) is 20.1 Å². The zero-order chi connectivity index (χ0) is 27.5. The van der Waals surface area contributed by atoms with Gasteiger partial charge in [0.25, 0.3) is 5.91 Å². The summed E-state index contributed by atoms with van der Waals surface area (Å²) in [4.78, 5) is 20.6. The second kappa shape index (κ2) is 12.3. The Labute approximate surface area is 257 Å². The third-order valence-corrected chi connectivity index (χ3v) is 8.29. The molecule has 0 radical (unpaired) electrons. The number of carbonyl (C=O) groups excluding carboxylic acids is 1. The second-order valence-electron chi connectivity index (χ2n) is 8.68. The van der Waals surface area contributed by atoms with Crippen LogP contribution in [-0.2, 0) is 11.4 Å². The fourth-order valence-corrected chi connectivity index (χ4v) is 6.43. The van der Waals surface area contributed by atoms with E-state index in [1.807, 2.05) is 49.4 Å². The molecule has 196 valence electrons. The maximum atomic E-state index is 13.8. The lowest BCUT2D eigenvalue weighted by Crippen LogP contribution is -2.28. The molecule has 0 N–H and O–H groups in total. The van der Waals surface area contributed by atoms with Crippen LogP contribution in [0.4, 0.5) is 11.4 Å². The summed E-state index contributed by atoms with van der Waals surface area (Å²) in [5.41, 5.74) is 4.34. The highest BCUT2D eigenvalue weighted by atomic mass is 79.9. The lowest BCUT2D eigenvalue weighted by atomic mass is 10.1. The number of anilines is 1. The van der Waals surface area contributed by atoms with E-state index in [2.05, 4.69) is 44.0 Å². The van der Waals surface area contributed by atoms with E-state index >= 15 is 0 Å². The number of aryl methyl sites for hydroxylation is 1. The van der Waals surface area contributed by atoms with Gasteiger partial charge in [-0.05, 0) is 107 Å². The van der Waals surface area contributed by atoms with Gasteiger partial charge in [-0.1, -0.05) is 69.0 Å². The highest BCUT2D eigenvalue weighted by Crippen LogP contribution is 2.41. The fraction of sp³-hybridized carbons (Fsp3) is 0.0667. The molecule has 4 nitrogen and oxygen atoms in total. The zero-order valence-corrected chi connectivity index (χ0v) is 26.0. The van der Waals surface area contributed by atoms with Gasteiger partial charge in [0.05, 0.1) is 20.8 Å². The number of amides is 1. The molecule has 1 fully saturated rings. The molecule has 0 unspecified atom stereocenters. The topological polar surface area (TPSA) is 41.9 Å². The van der Waals surface area contributed by atoms with E-state index in [-0.39, 0.29) is 5.91 Å². The molecule has 4 aromatic carbocycles. The molecule has 0 atom stereocenters. The smallest absolute Gasteiger partial charge is 0.271 e. The number of amidine groups is 1. The third kappa shape index (κ3) is 6.79. The summed E-state index contributed by atoms with van der Waals surface area (Å²) in [6, 6.07) is 26.3. The standard InChI is InChI=1S/C30H20Br2Cl2N2O2S/c1-18-2-4-19(5-3-18)17-38-28-20(14-21(31)16-26(28)32)15-27-29(37)36(25-12-8-23(34)9-13-25)30(39-27)35-24-10-6-22(33)7-11-24/h2-16H,17H2,1H3/b27-15-,35-30?. The van der Waals surface area contributed by atoms with Gasteiger partial charge in [0.15, 0.2) is 5.17 Å². The number of hydrogen-bond acceptors (Lipinski definition) is 4. The summed E-state index contributed by atoms with van der Waals surface area (Å²) in [5.74, 6) is 0.441. The van der Waals surface area contributed by atoms with E-state index in [0.717, 1.165) is 20.1 Å². The molecule has 0 bridgehead atoms. The highest BCUT2D eigenvalue weighted by molar-refractivity contribution is 9.11. The first-order valence-electron chi connectivity index (χ1n) is 11.8. The Kier molecular flexibility index (Phi) is 8.84. The summed E-state index contributed by atoms with van der Waals surface area (Å²) < 4.78 is 7.87. The van der Waals surface area contributed by atoms with Crippen LogP contribution in [-0.4, -0.2) is 11.1 Å². The van der Waals surface area contributed by atoms with Crippen LogP contribution in [0.2, 0.25) is 10.0 Å². The molecule has 1 amide bonds. The lowest BCUT2D eigenvalue weighted by Gasteiger charge is -2.16. The van der Waals surface area contributed by atoms with Gasteiger partial charge in [0.2, 0.25) is 0 Å². The number of hydrogen-bond donors (Lipinski definition) is 0. The number of benzene rings is 4. The van der Waals surface area contributed by atoms with Crippen molar-refractivity contribution in [1.29, 1.82) is 0 Å². The Morgan fingerprint density at radius 3 is 2.23 bits per heavy atom. The van der Waals surface area contributed by atoms with Crippen molar-refractivity contribution in [2.45, 2.75) is 13.5 Å². The Bertz CT molecular complexity index is 1590. The van der Waals surface area contributed by atoms with E-state index in [1.54, 1.807) is 41.3 Å². The number of aliphatic imine (C=N–C) groups is 1. The first-order valence-corrected chi connectivity index (χ1v) is 14.9. The maximum absolute atomic E-state index is 13.8. The maximum Gasteiger partial charge on any atom is 0.271 e. The molecule has 9 heteroatoms. The van der Waals surface area contributed by atoms with Crippen molar-refractivity contribution in [3.63, 3.8) is 0 Å². The van der Waals surface area contributed by atoms with Crippen molar-refractivity contribution in [2.75, 3.05) is 4.90 Å². The monoisotopic (exact) mass is 700 g/mol. The predicted molar refractivity (Wildman–Crippen MR) is 170 cm³/mol. The van der Waals surface area contributed by atoms with E-state index in [1.165, 1.54) is 17.3 Å². The SMILES string of the molecule is Cc1ccc(COc2c(Br)cc(Br)cc2/C=C2\SC(=Nc3ccc(Cl)cc3)N(c3ccc(Cl)cc3)C2=O)cc1. The Hall–Kier alpha value is -2.55. The van der Waals surface area contributed by atoms with Crippen molar-refractivity contribution in [3.05, 3.63) is 126 Å². The summed E-state index contributed by atoms with van der Waals surface area (Å²) >= 11 is 20.7. The summed E-state index contributed by atoms with van der Waals surface area (Å²) in [6.45, 7) is 2.44. The van der Waals surface area contributed by atoms with Crippen LogP contribution in [0.1, 0.15) is 16.7 Å². The third-order valence-electron chi connectivity index (χ3n) is 5.77. The minimum atomic E-state index is -0.199. The van der Waals surface area contributed by atoms with Gasteiger partial charge in [-0.15, -0.1) is 0 Å². The van der Waals surface area contributed by atoms with Crippen LogP contribution >= 0.6 is 66.8 Å². The first-order chi connectivity index (χ1) is 18.8. The average molecular weight is 703 g/mol. The number of nitrogens with zero attached hydrogens (tertiary/aromatic N) is 2. The summed E-state index contributed by atoms with van der Waals surface area (Å²) in [6.07, 6.45) is 1.83. The molecule has 0 spiro atoms. The van der Waals surface area contributed by atoms with Crippen LogP contribution < -0.4 is 9.64 Å². The number of carbonyl (C=O) groups is 1. The van der Waals surface area contributed by atoms with Crippen LogP contribution in [0, 0.1) is 6.92 Å². The molecule has 1 saturated heterocycles. The lowest BCUT2D eigenvalue weighted by molar-refractivity contribution is -0.113. The van der Waals surface area contributed by atoms with Gasteiger partial charge in [-0.3, -0.25) is 9.69 Å². The number of rotatable bonds is 6. The Morgan fingerprint density at radius 2 is 1.56 bits per heavy atom. The highest BCUT2D eigenvalue weighted by Gasteiger charge is 2.35. The molecule has 1 aliphatic rings. The minimum Gasteiger partial charge on any atom is -0.487 e. The molecule has 0 saturated carbocycles. The molecule has 0 aliphatic carbocycles. The van der Waals surface area contributed by atoms with Gasteiger partial charge in [-0.25, -0.2) is 4.99 Å². The van der Waals surface area contributed by atoms with Gasteiger partial charge in [-0.2, -0.15) is 0 Å². The zero-order valence-electron chi connectivity index (χ0n) is 20.5. The van der Waals surface area contributed by atoms with Gasteiger partial charge in [0.1, 0.15) is 12.4 Å². The molecule has 0 aromatic heterocycles. The van der Waals surface area contributed by atoms with Crippen LogP contribution in [0.15, 0.2) is 104 Å². The quantitative estimate of drug-likeness (QED) is 0.188. The Balaban J connectivity index is 1.53. The van der Waals surface area contributed by atoms with E-state index in [4.69, 9.17) is 32.9 Å². The number of ether oxygens (including phenoxy) is 1. The molecule has 1 aliphatic heterocycles. The fourth-order valence-electron chi connectivity index (χ4n) is 3.81. The molecule has 1 heterocycles. The molecular weight excluding hydrogens is 683 g/mol. The Morgan fingerprint density at radius 1 is 0.923 bits per heavy atom. The van der Waals surface area contributed by atoms with Crippen molar-refractivity contribution in [1.82, 2.24) is 0 Å².